The van der Waals surface area contributed by atoms with Crippen molar-refractivity contribution in [1.29, 1.82) is 5.26 Å². The number of aromatic nitrogens is 2. The van der Waals surface area contributed by atoms with Gasteiger partial charge in [-0.1, -0.05) is 0 Å². The minimum atomic E-state index is 0.150. The lowest BCUT2D eigenvalue weighted by molar-refractivity contribution is 0.438. The first kappa shape index (κ1) is 10.9. The maximum atomic E-state index is 8.71. The van der Waals surface area contributed by atoms with E-state index in [0.717, 1.165) is 5.56 Å². The molecule has 1 aromatic heterocycles. The average molecular weight is 226 g/mol. The van der Waals surface area contributed by atoms with Gasteiger partial charge in [0.1, 0.15) is 17.5 Å². The third kappa shape index (κ3) is 2.49. The smallest absolute Gasteiger partial charge is 0.323 e. The first-order valence-electron chi connectivity index (χ1n) is 4.96. The van der Waals surface area contributed by atoms with Gasteiger partial charge in [-0.2, -0.15) is 10.2 Å². The second kappa shape index (κ2) is 4.49. The SMILES string of the molecule is Cc1cc(N)ccc1Oc1nccc(C#N)n1. The number of aryl methyl sites for hydroxylation is 1. The molecule has 2 rings (SSSR count). The summed E-state index contributed by atoms with van der Waals surface area (Å²) in [6.07, 6.45) is 1.48. The van der Waals surface area contributed by atoms with Crippen LogP contribution in [0.4, 0.5) is 5.69 Å². The van der Waals surface area contributed by atoms with Crippen molar-refractivity contribution in [3.05, 3.63) is 41.7 Å². The number of nitrogens with zero attached hydrogens (tertiary/aromatic N) is 3. The van der Waals surface area contributed by atoms with E-state index in [-0.39, 0.29) is 11.7 Å². The van der Waals surface area contributed by atoms with Crippen LogP contribution in [-0.2, 0) is 0 Å². The van der Waals surface area contributed by atoms with Gasteiger partial charge in [0.15, 0.2) is 0 Å². The van der Waals surface area contributed by atoms with Crippen molar-refractivity contribution in [2.45, 2.75) is 6.92 Å². The number of hydrogen-bond donors (Lipinski definition) is 1. The van der Waals surface area contributed by atoms with E-state index in [9.17, 15) is 0 Å². The van der Waals surface area contributed by atoms with E-state index in [1.54, 1.807) is 18.2 Å². The largest absolute Gasteiger partial charge is 0.424 e. The van der Waals surface area contributed by atoms with Crippen LogP contribution in [0.2, 0.25) is 0 Å². The molecule has 5 nitrogen and oxygen atoms in total. The molecule has 0 saturated carbocycles. The highest BCUT2D eigenvalue weighted by molar-refractivity contribution is 5.47. The van der Waals surface area contributed by atoms with Crippen LogP contribution in [0, 0.1) is 18.3 Å². The van der Waals surface area contributed by atoms with Crippen molar-refractivity contribution >= 4 is 5.69 Å². The van der Waals surface area contributed by atoms with Crippen LogP contribution in [0.25, 0.3) is 0 Å². The number of ether oxygens (including phenoxy) is 1. The van der Waals surface area contributed by atoms with E-state index < -0.39 is 0 Å². The minimum Gasteiger partial charge on any atom is -0.424 e. The number of anilines is 1. The van der Waals surface area contributed by atoms with Crippen LogP contribution < -0.4 is 10.5 Å². The maximum Gasteiger partial charge on any atom is 0.323 e. The molecule has 17 heavy (non-hydrogen) atoms. The van der Waals surface area contributed by atoms with Crippen LogP contribution in [-0.4, -0.2) is 9.97 Å². The molecule has 2 aromatic rings. The molecule has 0 unspecified atom stereocenters. The van der Waals surface area contributed by atoms with Gasteiger partial charge in [0.25, 0.3) is 0 Å². The summed E-state index contributed by atoms with van der Waals surface area (Å²) >= 11 is 0. The molecule has 0 fully saturated rings. The van der Waals surface area contributed by atoms with Crippen LogP contribution in [0.3, 0.4) is 0 Å². The van der Waals surface area contributed by atoms with Gasteiger partial charge in [0, 0.05) is 11.9 Å². The topological polar surface area (TPSA) is 84.8 Å². The summed E-state index contributed by atoms with van der Waals surface area (Å²) < 4.78 is 5.48. The Morgan fingerprint density at radius 1 is 1.35 bits per heavy atom. The second-order valence-electron chi connectivity index (χ2n) is 3.46. The Morgan fingerprint density at radius 2 is 2.18 bits per heavy atom. The molecule has 1 aromatic carbocycles. The first-order chi connectivity index (χ1) is 8.19. The molecule has 0 atom stereocenters. The van der Waals surface area contributed by atoms with Crippen LogP contribution >= 0.6 is 0 Å². The van der Waals surface area contributed by atoms with Gasteiger partial charge in [-0.15, -0.1) is 0 Å². The van der Waals surface area contributed by atoms with Crippen molar-refractivity contribution in [2.75, 3.05) is 5.73 Å². The third-order valence-electron chi connectivity index (χ3n) is 2.15. The average Bonchev–Trinajstić information content (AvgIpc) is 2.33. The van der Waals surface area contributed by atoms with E-state index in [4.69, 9.17) is 15.7 Å². The molecule has 0 aliphatic heterocycles. The zero-order chi connectivity index (χ0) is 12.3. The monoisotopic (exact) mass is 226 g/mol. The van der Waals surface area contributed by atoms with Crippen molar-refractivity contribution in [3.63, 3.8) is 0 Å². The Labute approximate surface area is 98.5 Å². The molecular formula is C12H10N4O. The Kier molecular flexibility index (Phi) is 2.88. The van der Waals surface area contributed by atoms with Crippen molar-refractivity contribution in [2.24, 2.45) is 0 Å². The number of hydrogen-bond acceptors (Lipinski definition) is 5. The van der Waals surface area contributed by atoms with Gasteiger partial charge in [-0.25, -0.2) is 4.98 Å². The van der Waals surface area contributed by atoms with E-state index in [2.05, 4.69) is 9.97 Å². The van der Waals surface area contributed by atoms with Gasteiger partial charge < -0.3 is 10.5 Å². The summed E-state index contributed by atoms with van der Waals surface area (Å²) in [6.45, 7) is 1.87. The summed E-state index contributed by atoms with van der Waals surface area (Å²) in [5.74, 6) is 0.620. The number of nitriles is 1. The molecule has 0 saturated heterocycles. The first-order valence-corrected chi connectivity index (χ1v) is 4.96. The lowest BCUT2D eigenvalue weighted by Gasteiger charge is -2.07. The second-order valence-corrected chi connectivity index (χ2v) is 3.46. The zero-order valence-corrected chi connectivity index (χ0v) is 9.21. The van der Waals surface area contributed by atoms with Gasteiger partial charge in [0.05, 0.1) is 0 Å². The molecule has 0 bridgehead atoms. The summed E-state index contributed by atoms with van der Waals surface area (Å²) in [5.41, 5.74) is 7.46. The third-order valence-corrected chi connectivity index (χ3v) is 2.15. The Bertz CT molecular complexity index is 589. The van der Waals surface area contributed by atoms with Gasteiger partial charge in [-0.3, -0.25) is 0 Å². The van der Waals surface area contributed by atoms with E-state index in [1.165, 1.54) is 12.3 Å². The van der Waals surface area contributed by atoms with Crippen molar-refractivity contribution in [3.8, 4) is 17.8 Å². The normalized spacial score (nSPS) is 9.65. The highest BCUT2D eigenvalue weighted by Gasteiger charge is 2.04. The van der Waals surface area contributed by atoms with Crippen LogP contribution in [0.15, 0.2) is 30.5 Å². The van der Waals surface area contributed by atoms with E-state index in [0.29, 0.717) is 11.4 Å². The maximum absolute atomic E-state index is 8.71. The van der Waals surface area contributed by atoms with Gasteiger partial charge in [-0.05, 0) is 36.8 Å². The van der Waals surface area contributed by atoms with Crippen LogP contribution in [0.5, 0.6) is 11.8 Å². The molecule has 1 heterocycles. The predicted molar refractivity (Wildman–Crippen MR) is 62.4 cm³/mol. The molecule has 0 aliphatic rings. The fraction of sp³-hybridized carbons (Fsp3) is 0.0833. The highest BCUT2D eigenvalue weighted by Crippen LogP contribution is 2.24. The minimum absolute atomic E-state index is 0.150. The van der Waals surface area contributed by atoms with E-state index in [1.807, 2.05) is 13.0 Å². The fourth-order valence-corrected chi connectivity index (χ4v) is 1.34. The lowest BCUT2D eigenvalue weighted by Crippen LogP contribution is -1.95. The number of benzene rings is 1. The van der Waals surface area contributed by atoms with Gasteiger partial charge in [0.2, 0.25) is 0 Å². The molecule has 2 N–H and O–H groups in total. The lowest BCUT2D eigenvalue weighted by atomic mass is 10.2. The quantitative estimate of drug-likeness (QED) is 0.792. The fourth-order valence-electron chi connectivity index (χ4n) is 1.34. The Morgan fingerprint density at radius 3 is 2.88 bits per heavy atom. The number of nitrogens with two attached hydrogens (primary N) is 1. The standard InChI is InChI=1S/C12H10N4O/c1-8-6-9(14)2-3-11(8)17-12-15-5-4-10(7-13)16-12/h2-6H,14H2,1H3. The summed E-state index contributed by atoms with van der Waals surface area (Å²) in [5, 5.41) is 8.71. The Hall–Kier alpha value is -2.61. The van der Waals surface area contributed by atoms with Crippen molar-refractivity contribution < 1.29 is 4.74 Å². The molecule has 5 heteroatoms. The molecular weight excluding hydrogens is 216 g/mol. The van der Waals surface area contributed by atoms with E-state index >= 15 is 0 Å². The molecule has 0 radical (unpaired) electrons. The zero-order valence-electron chi connectivity index (χ0n) is 9.21. The Balaban J connectivity index is 2.28. The van der Waals surface area contributed by atoms with Gasteiger partial charge >= 0.3 is 6.01 Å². The number of nitrogen functional groups attached to an aromatic ring is 1. The molecule has 0 amide bonds. The summed E-state index contributed by atoms with van der Waals surface area (Å²) in [6, 6.07) is 8.86. The molecule has 0 spiro atoms. The summed E-state index contributed by atoms with van der Waals surface area (Å²) in [4.78, 5) is 7.85. The van der Waals surface area contributed by atoms with Crippen molar-refractivity contribution in [1.82, 2.24) is 9.97 Å². The molecule has 84 valence electrons. The summed E-state index contributed by atoms with van der Waals surface area (Å²) in [7, 11) is 0. The predicted octanol–water partition coefficient (Wildman–Crippen LogP) is 2.03. The molecule has 0 aliphatic carbocycles. The number of rotatable bonds is 2. The van der Waals surface area contributed by atoms with Crippen LogP contribution in [0.1, 0.15) is 11.3 Å². The highest BCUT2D eigenvalue weighted by atomic mass is 16.5.